The maximum atomic E-state index is 12.3. The van der Waals surface area contributed by atoms with E-state index in [-0.39, 0.29) is 5.91 Å². The van der Waals surface area contributed by atoms with E-state index in [9.17, 15) is 4.79 Å². The number of aryl methyl sites for hydroxylation is 3. The van der Waals surface area contributed by atoms with E-state index in [0.29, 0.717) is 24.2 Å². The standard InChI is InChI=1S/C17H25N5O2/c1-13-11-16(20-24-13)19-17(23)12-22-8-4-3-5-15(22)6-9-21-10-7-18-14(21)2/h7,10-11,15H,3-6,8-9,12H2,1-2H3,(H,19,20,23). The molecule has 1 saturated heterocycles. The van der Waals surface area contributed by atoms with Crippen molar-refractivity contribution in [2.75, 3.05) is 18.4 Å². The van der Waals surface area contributed by atoms with E-state index < -0.39 is 0 Å². The molecule has 2 aromatic rings. The molecule has 7 heteroatoms. The van der Waals surface area contributed by atoms with Gasteiger partial charge >= 0.3 is 0 Å². The van der Waals surface area contributed by atoms with Crippen molar-refractivity contribution in [2.45, 2.75) is 52.1 Å². The van der Waals surface area contributed by atoms with Crippen LogP contribution < -0.4 is 5.32 Å². The zero-order chi connectivity index (χ0) is 16.9. The van der Waals surface area contributed by atoms with Crippen LogP contribution in [-0.2, 0) is 11.3 Å². The van der Waals surface area contributed by atoms with Crippen LogP contribution in [0.15, 0.2) is 23.0 Å². The summed E-state index contributed by atoms with van der Waals surface area (Å²) in [7, 11) is 0. The average Bonchev–Trinajstić information content (AvgIpc) is 3.15. The molecular formula is C17H25N5O2. The van der Waals surface area contributed by atoms with Crippen LogP contribution in [0.2, 0.25) is 0 Å². The SMILES string of the molecule is Cc1cc(NC(=O)CN2CCCCC2CCn2ccnc2C)no1. The predicted molar refractivity (Wildman–Crippen MR) is 90.7 cm³/mol. The zero-order valence-corrected chi connectivity index (χ0v) is 14.4. The molecule has 1 fully saturated rings. The van der Waals surface area contributed by atoms with Gasteiger partial charge in [0, 0.05) is 31.0 Å². The number of imidazole rings is 1. The lowest BCUT2D eigenvalue weighted by molar-refractivity contribution is -0.118. The van der Waals surface area contributed by atoms with Crippen LogP contribution in [-0.4, -0.2) is 44.6 Å². The third kappa shape index (κ3) is 4.23. The van der Waals surface area contributed by atoms with Gasteiger partial charge in [0.15, 0.2) is 5.82 Å². The smallest absolute Gasteiger partial charge is 0.239 e. The van der Waals surface area contributed by atoms with Gasteiger partial charge in [0.25, 0.3) is 0 Å². The molecule has 2 aromatic heterocycles. The van der Waals surface area contributed by atoms with Crippen LogP contribution in [0.1, 0.15) is 37.3 Å². The van der Waals surface area contributed by atoms with E-state index in [1.165, 1.54) is 6.42 Å². The molecule has 0 aliphatic carbocycles. The summed E-state index contributed by atoms with van der Waals surface area (Å²) >= 11 is 0. The Morgan fingerprint density at radius 2 is 2.29 bits per heavy atom. The van der Waals surface area contributed by atoms with Gasteiger partial charge in [-0.25, -0.2) is 4.98 Å². The third-order valence-corrected chi connectivity index (χ3v) is 4.62. The number of rotatable bonds is 6. The number of anilines is 1. The highest BCUT2D eigenvalue weighted by Crippen LogP contribution is 2.20. The fourth-order valence-electron chi connectivity index (χ4n) is 3.32. The number of nitrogens with zero attached hydrogens (tertiary/aromatic N) is 4. The second kappa shape index (κ2) is 7.61. The minimum Gasteiger partial charge on any atom is -0.360 e. The van der Waals surface area contributed by atoms with Crippen LogP contribution in [0.25, 0.3) is 0 Å². The predicted octanol–water partition coefficient (Wildman–Crippen LogP) is 2.37. The molecule has 3 rings (SSSR count). The van der Waals surface area contributed by atoms with Gasteiger partial charge < -0.3 is 14.4 Å². The highest BCUT2D eigenvalue weighted by Gasteiger charge is 2.24. The Kier molecular flexibility index (Phi) is 5.30. The lowest BCUT2D eigenvalue weighted by Crippen LogP contribution is -2.44. The van der Waals surface area contributed by atoms with Gasteiger partial charge in [-0.2, -0.15) is 0 Å². The number of hydrogen-bond donors (Lipinski definition) is 1. The number of carbonyl (C=O) groups excluding carboxylic acids is 1. The summed E-state index contributed by atoms with van der Waals surface area (Å²) in [5.41, 5.74) is 0. The average molecular weight is 331 g/mol. The van der Waals surface area contributed by atoms with E-state index in [2.05, 4.69) is 24.9 Å². The van der Waals surface area contributed by atoms with Crippen molar-refractivity contribution in [2.24, 2.45) is 0 Å². The molecule has 0 spiro atoms. The number of amides is 1. The van der Waals surface area contributed by atoms with Gasteiger partial charge in [0.05, 0.1) is 6.54 Å². The Labute approximate surface area is 142 Å². The van der Waals surface area contributed by atoms with Crippen molar-refractivity contribution in [3.05, 3.63) is 30.0 Å². The van der Waals surface area contributed by atoms with E-state index in [4.69, 9.17) is 4.52 Å². The minimum atomic E-state index is -0.0333. The van der Waals surface area contributed by atoms with Crippen molar-refractivity contribution in [1.82, 2.24) is 19.6 Å². The summed E-state index contributed by atoms with van der Waals surface area (Å²) in [5.74, 6) is 2.18. The fourth-order valence-corrected chi connectivity index (χ4v) is 3.32. The number of piperidine rings is 1. The van der Waals surface area contributed by atoms with Gasteiger partial charge in [0.1, 0.15) is 11.6 Å². The molecule has 1 N–H and O–H groups in total. The first-order valence-electron chi connectivity index (χ1n) is 8.57. The number of carbonyl (C=O) groups is 1. The van der Waals surface area contributed by atoms with E-state index in [0.717, 1.165) is 38.2 Å². The van der Waals surface area contributed by atoms with Gasteiger partial charge in [-0.15, -0.1) is 0 Å². The van der Waals surface area contributed by atoms with E-state index in [1.807, 2.05) is 19.3 Å². The summed E-state index contributed by atoms with van der Waals surface area (Å²) in [5, 5.41) is 6.62. The van der Waals surface area contributed by atoms with Crippen molar-refractivity contribution in [3.8, 4) is 0 Å². The molecule has 0 radical (unpaired) electrons. The molecule has 1 amide bonds. The number of aromatic nitrogens is 3. The molecule has 0 bridgehead atoms. The van der Waals surface area contributed by atoms with Crippen molar-refractivity contribution < 1.29 is 9.32 Å². The summed E-state index contributed by atoms with van der Waals surface area (Å²) in [4.78, 5) is 18.8. The molecule has 7 nitrogen and oxygen atoms in total. The quantitative estimate of drug-likeness (QED) is 0.879. The zero-order valence-electron chi connectivity index (χ0n) is 14.4. The molecule has 0 saturated carbocycles. The Hall–Kier alpha value is -2.15. The molecule has 1 aliphatic heterocycles. The highest BCUT2D eigenvalue weighted by molar-refractivity contribution is 5.91. The third-order valence-electron chi connectivity index (χ3n) is 4.62. The Morgan fingerprint density at radius 1 is 1.42 bits per heavy atom. The fraction of sp³-hybridized carbons (Fsp3) is 0.588. The Morgan fingerprint density at radius 3 is 3.00 bits per heavy atom. The number of likely N-dealkylation sites (tertiary alicyclic amines) is 1. The molecule has 1 atom stereocenters. The maximum Gasteiger partial charge on any atom is 0.239 e. The van der Waals surface area contributed by atoms with Crippen molar-refractivity contribution in [1.29, 1.82) is 0 Å². The lowest BCUT2D eigenvalue weighted by atomic mass is 9.99. The van der Waals surface area contributed by atoms with Crippen LogP contribution in [0.3, 0.4) is 0 Å². The summed E-state index contributed by atoms with van der Waals surface area (Å²) in [6.07, 6.45) is 8.41. The monoisotopic (exact) mass is 331 g/mol. The lowest BCUT2D eigenvalue weighted by Gasteiger charge is -2.35. The normalized spacial score (nSPS) is 18.7. The summed E-state index contributed by atoms with van der Waals surface area (Å²) in [6, 6.07) is 2.17. The summed E-state index contributed by atoms with van der Waals surface area (Å²) in [6.45, 7) is 6.14. The minimum absolute atomic E-state index is 0.0333. The first kappa shape index (κ1) is 16.7. The van der Waals surface area contributed by atoms with Crippen LogP contribution in [0.4, 0.5) is 5.82 Å². The van der Waals surface area contributed by atoms with Crippen molar-refractivity contribution in [3.63, 3.8) is 0 Å². The molecule has 1 unspecified atom stereocenters. The van der Waals surface area contributed by atoms with Crippen molar-refractivity contribution >= 4 is 11.7 Å². The van der Waals surface area contributed by atoms with E-state index >= 15 is 0 Å². The maximum absolute atomic E-state index is 12.3. The first-order chi connectivity index (χ1) is 11.6. The summed E-state index contributed by atoms with van der Waals surface area (Å²) < 4.78 is 7.15. The van der Waals surface area contributed by atoms with E-state index in [1.54, 1.807) is 13.0 Å². The van der Waals surface area contributed by atoms with Gasteiger partial charge in [-0.3, -0.25) is 9.69 Å². The topological polar surface area (TPSA) is 76.2 Å². The molecule has 0 aromatic carbocycles. The highest BCUT2D eigenvalue weighted by atomic mass is 16.5. The first-order valence-corrected chi connectivity index (χ1v) is 8.57. The second-order valence-corrected chi connectivity index (χ2v) is 6.45. The molecular weight excluding hydrogens is 306 g/mol. The Balaban J connectivity index is 1.53. The largest absolute Gasteiger partial charge is 0.360 e. The molecule has 3 heterocycles. The molecule has 24 heavy (non-hydrogen) atoms. The molecule has 130 valence electrons. The van der Waals surface area contributed by atoms with Gasteiger partial charge in [-0.05, 0) is 39.7 Å². The second-order valence-electron chi connectivity index (χ2n) is 6.45. The van der Waals surface area contributed by atoms with Crippen LogP contribution in [0.5, 0.6) is 0 Å². The number of nitrogens with one attached hydrogen (secondary N) is 1. The Bertz CT molecular complexity index is 678. The van der Waals surface area contributed by atoms with Gasteiger partial charge in [0.2, 0.25) is 5.91 Å². The number of hydrogen-bond acceptors (Lipinski definition) is 5. The van der Waals surface area contributed by atoms with Crippen LogP contribution in [0, 0.1) is 13.8 Å². The van der Waals surface area contributed by atoms with Crippen LogP contribution >= 0.6 is 0 Å². The van der Waals surface area contributed by atoms with Gasteiger partial charge in [-0.1, -0.05) is 11.6 Å². The molecule has 1 aliphatic rings.